The first-order valence-electron chi connectivity index (χ1n) is 4.28. The van der Waals surface area contributed by atoms with Gasteiger partial charge < -0.3 is 4.74 Å². The minimum Gasteiger partial charge on any atom is -0.436 e. The van der Waals surface area contributed by atoms with E-state index in [1.165, 1.54) is 0 Å². The van der Waals surface area contributed by atoms with Crippen LogP contribution in [-0.2, 0) is 7.05 Å². The number of hydrogen-bond donors (Lipinski definition) is 0. The van der Waals surface area contributed by atoms with Gasteiger partial charge in [0.25, 0.3) is 0 Å². The van der Waals surface area contributed by atoms with Gasteiger partial charge in [0.05, 0.1) is 16.2 Å². The molecule has 0 aliphatic carbocycles. The van der Waals surface area contributed by atoms with Gasteiger partial charge in [0.1, 0.15) is 0 Å². The van der Waals surface area contributed by atoms with Crippen molar-refractivity contribution in [2.45, 2.75) is 0 Å². The minimum absolute atomic E-state index is 0.449. The maximum Gasteiger partial charge on any atom is 0.217 e. The highest BCUT2D eigenvalue weighted by Crippen LogP contribution is 2.35. The monoisotopic (exact) mass is 242 g/mol. The summed E-state index contributed by atoms with van der Waals surface area (Å²) in [6.07, 6.45) is 1.64. The van der Waals surface area contributed by atoms with Gasteiger partial charge >= 0.3 is 0 Å². The van der Waals surface area contributed by atoms with Crippen molar-refractivity contribution >= 4 is 23.2 Å². The molecule has 0 saturated heterocycles. The van der Waals surface area contributed by atoms with Crippen LogP contribution in [-0.4, -0.2) is 9.78 Å². The molecule has 0 N–H and O–H groups in total. The lowest BCUT2D eigenvalue weighted by Gasteiger charge is -2.08. The fourth-order valence-electron chi connectivity index (χ4n) is 1.15. The number of benzene rings is 1. The molecule has 0 amide bonds. The number of nitrogens with zero attached hydrogens (tertiary/aromatic N) is 2. The Morgan fingerprint density at radius 1 is 1.20 bits per heavy atom. The molecule has 15 heavy (non-hydrogen) atoms. The number of hydrogen-bond acceptors (Lipinski definition) is 2. The first kappa shape index (κ1) is 10.3. The van der Waals surface area contributed by atoms with E-state index in [9.17, 15) is 0 Å². The molecule has 1 heterocycles. The van der Waals surface area contributed by atoms with Crippen LogP contribution in [0.4, 0.5) is 0 Å². The Kier molecular flexibility index (Phi) is 2.84. The summed E-state index contributed by atoms with van der Waals surface area (Å²) in [6, 6.07) is 6.94. The third-order valence-electron chi connectivity index (χ3n) is 1.90. The number of ether oxygens (including phenoxy) is 1. The zero-order valence-electron chi connectivity index (χ0n) is 7.95. The van der Waals surface area contributed by atoms with E-state index in [0.717, 1.165) is 0 Å². The Morgan fingerprint density at radius 2 is 1.87 bits per heavy atom. The molecule has 3 nitrogen and oxygen atoms in total. The van der Waals surface area contributed by atoms with Crippen LogP contribution >= 0.6 is 23.2 Å². The van der Waals surface area contributed by atoms with E-state index in [1.54, 1.807) is 42.2 Å². The first-order chi connectivity index (χ1) is 7.18. The summed E-state index contributed by atoms with van der Waals surface area (Å²) >= 11 is 11.9. The van der Waals surface area contributed by atoms with Crippen molar-refractivity contribution in [2.75, 3.05) is 0 Å². The fraction of sp³-hybridized carbons (Fsp3) is 0.100. The molecule has 0 atom stereocenters. The van der Waals surface area contributed by atoms with Crippen LogP contribution < -0.4 is 4.74 Å². The van der Waals surface area contributed by atoms with Gasteiger partial charge in [-0.15, -0.1) is 0 Å². The molecule has 78 valence electrons. The predicted molar refractivity (Wildman–Crippen MR) is 59.7 cm³/mol. The summed E-state index contributed by atoms with van der Waals surface area (Å²) in [5.41, 5.74) is 0. The lowest BCUT2D eigenvalue weighted by molar-refractivity contribution is 0.431. The van der Waals surface area contributed by atoms with Crippen LogP contribution in [0.3, 0.4) is 0 Å². The predicted octanol–water partition coefficient (Wildman–Crippen LogP) is 3.52. The molecular formula is C10H8Cl2N2O. The van der Waals surface area contributed by atoms with Gasteiger partial charge in [-0.3, -0.25) is 0 Å². The van der Waals surface area contributed by atoms with E-state index in [1.807, 2.05) is 0 Å². The lowest BCUT2D eigenvalue weighted by atomic mass is 10.3. The molecule has 1 aromatic heterocycles. The van der Waals surface area contributed by atoms with Crippen LogP contribution in [0.15, 0.2) is 30.5 Å². The first-order valence-corrected chi connectivity index (χ1v) is 5.04. The van der Waals surface area contributed by atoms with E-state index in [-0.39, 0.29) is 0 Å². The van der Waals surface area contributed by atoms with E-state index in [2.05, 4.69) is 5.10 Å². The Labute approximate surface area is 97.2 Å². The van der Waals surface area contributed by atoms with Crippen molar-refractivity contribution in [1.29, 1.82) is 0 Å². The molecular weight excluding hydrogens is 235 g/mol. The maximum absolute atomic E-state index is 5.96. The Bertz CT molecular complexity index is 462. The molecule has 2 rings (SSSR count). The van der Waals surface area contributed by atoms with Crippen LogP contribution in [0, 0.1) is 0 Å². The number of para-hydroxylation sites is 1. The quantitative estimate of drug-likeness (QED) is 0.806. The van der Waals surface area contributed by atoms with Crippen molar-refractivity contribution < 1.29 is 4.74 Å². The van der Waals surface area contributed by atoms with E-state index < -0.39 is 0 Å². The molecule has 0 saturated carbocycles. The summed E-state index contributed by atoms with van der Waals surface area (Å²) in [7, 11) is 1.78. The van der Waals surface area contributed by atoms with E-state index in [0.29, 0.717) is 21.7 Å². The van der Waals surface area contributed by atoms with Gasteiger partial charge in [-0.2, -0.15) is 5.10 Å². The summed E-state index contributed by atoms with van der Waals surface area (Å²) in [6.45, 7) is 0. The van der Waals surface area contributed by atoms with Crippen LogP contribution in [0.1, 0.15) is 0 Å². The van der Waals surface area contributed by atoms with Crippen molar-refractivity contribution in [3.05, 3.63) is 40.5 Å². The van der Waals surface area contributed by atoms with Crippen LogP contribution in [0.5, 0.6) is 11.6 Å². The Hall–Kier alpha value is -1.19. The summed E-state index contributed by atoms with van der Waals surface area (Å²) in [5.74, 6) is 1.04. The van der Waals surface area contributed by atoms with Crippen molar-refractivity contribution in [3.8, 4) is 11.6 Å². The standard InChI is InChI=1S/C10H8Cl2N2O/c1-14-9(5-6-13-14)15-10-7(11)3-2-4-8(10)12/h2-6H,1H3. The zero-order chi connectivity index (χ0) is 10.8. The average Bonchev–Trinajstić information content (AvgIpc) is 2.58. The highest BCUT2D eigenvalue weighted by atomic mass is 35.5. The van der Waals surface area contributed by atoms with Crippen molar-refractivity contribution in [3.63, 3.8) is 0 Å². The molecule has 0 radical (unpaired) electrons. The smallest absolute Gasteiger partial charge is 0.217 e. The SMILES string of the molecule is Cn1nccc1Oc1c(Cl)cccc1Cl. The van der Waals surface area contributed by atoms with Crippen LogP contribution in [0.25, 0.3) is 0 Å². The molecule has 0 aliphatic rings. The molecule has 0 fully saturated rings. The lowest BCUT2D eigenvalue weighted by Crippen LogP contribution is -1.95. The second-order valence-corrected chi connectivity index (χ2v) is 3.76. The largest absolute Gasteiger partial charge is 0.436 e. The number of rotatable bonds is 2. The van der Waals surface area contributed by atoms with Gasteiger partial charge in [-0.25, -0.2) is 4.68 Å². The third kappa shape index (κ3) is 2.08. The number of halogens is 2. The fourth-order valence-corrected chi connectivity index (χ4v) is 1.62. The molecule has 1 aromatic carbocycles. The van der Waals surface area contributed by atoms with Gasteiger partial charge in [-0.1, -0.05) is 29.3 Å². The highest BCUT2D eigenvalue weighted by Gasteiger charge is 2.09. The van der Waals surface area contributed by atoms with Crippen molar-refractivity contribution in [1.82, 2.24) is 9.78 Å². The zero-order valence-corrected chi connectivity index (χ0v) is 9.46. The molecule has 0 spiro atoms. The number of aromatic nitrogens is 2. The second-order valence-electron chi connectivity index (χ2n) is 2.95. The molecule has 0 aliphatic heterocycles. The van der Waals surface area contributed by atoms with Gasteiger partial charge in [0.15, 0.2) is 5.75 Å². The Balaban J connectivity index is 2.36. The van der Waals surface area contributed by atoms with E-state index >= 15 is 0 Å². The minimum atomic E-state index is 0.449. The Morgan fingerprint density at radius 3 is 2.40 bits per heavy atom. The second kappa shape index (κ2) is 4.13. The van der Waals surface area contributed by atoms with E-state index in [4.69, 9.17) is 27.9 Å². The molecule has 5 heteroatoms. The van der Waals surface area contributed by atoms with Crippen molar-refractivity contribution in [2.24, 2.45) is 7.05 Å². The normalized spacial score (nSPS) is 10.3. The molecule has 2 aromatic rings. The van der Waals surface area contributed by atoms with Gasteiger partial charge in [0, 0.05) is 13.1 Å². The van der Waals surface area contributed by atoms with Gasteiger partial charge in [-0.05, 0) is 12.1 Å². The summed E-state index contributed by atoms with van der Waals surface area (Å²) in [4.78, 5) is 0. The average molecular weight is 243 g/mol. The summed E-state index contributed by atoms with van der Waals surface area (Å²) in [5, 5.41) is 4.93. The topological polar surface area (TPSA) is 27.1 Å². The highest BCUT2D eigenvalue weighted by molar-refractivity contribution is 6.37. The summed E-state index contributed by atoms with van der Waals surface area (Å²) < 4.78 is 7.14. The van der Waals surface area contributed by atoms with Gasteiger partial charge in [0.2, 0.25) is 5.88 Å². The molecule has 0 unspecified atom stereocenters. The third-order valence-corrected chi connectivity index (χ3v) is 2.50. The maximum atomic E-state index is 5.96. The van der Waals surface area contributed by atoms with Crippen LogP contribution in [0.2, 0.25) is 10.0 Å². The number of aryl methyl sites for hydroxylation is 1. The molecule has 0 bridgehead atoms.